The second kappa shape index (κ2) is 6.57. The third kappa shape index (κ3) is 2.67. The molecule has 0 spiro atoms. The fourth-order valence-electron chi connectivity index (χ4n) is 3.30. The predicted molar refractivity (Wildman–Crippen MR) is 100 cm³/mol. The number of nitrogens with zero attached hydrogens (tertiary/aromatic N) is 2. The summed E-state index contributed by atoms with van der Waals surface area (Å²) in [6.07, 6.45) is 4.18. The minimum Gasteiger partial charge on any atom is -0.369 e. The maximum absolute atomic E-state index is 15.0. The zero-order valence-corrected chi connectivity index (χ0v) is 15.6. The van der Waals surface area contributed by atoms with Crippen molar-refractivity contribution in [2.45, 2.75) is 12.8 Å². The van der Waals surface area contributed by atoms with Crippen LogP contribution in [0.5, 0.6) is 0 Å². The minimum absolute atomic E-state index is 0.00669. The molecule has 26 heavy (non-hydrogen) atoms. The molecule has 0 bridgehead atoms. The summed E-state index contributed by atoms with van der Waals surface area (Å²) in [4.78, 5) is 21.4. The van der Waals surface area contributed by atoms with E-state index in [0.29, 0.717) is 13.1 Å². The van der Waals surface area contributed by atoms with E-state index >= 15 is 4.39 Å². The summed E-state index contributed by atoms with van der Waals surface area (Å²) in [6, 6.07) is 2.45. The lowest BCUT2D eigenvalue weighted by atomic mass is 10.0. The van der Waals surface area contributed by atoms with E-state index < -0.39 is 28.8 Å². The SMILES string of the molecule is O=C(c1c(F)ccc(N2CCCC2)c1F)c1c[nH]c2ncc(F)c(I)c12. The first-order valence-corrected chi connectivity index (χ1v) is 9.15. The molecule has 4 nitrogen and oxygen atoms in total. The number of hydrogen-bond acceptors (Lipinski definition) is 3. The van der Waals surface area contributed by atoms with Crippen molar-refractivity contribution in [2.24, 2.45) is 0 Å². The normalized spacial score (nSPS) is 14.4. The molecule has 1 aromatic carbocycles. The molecule has 1 saturated heterocycles. The number of anilines is 1. The van der Waals surface area contributed by atoms with Gasteiger partial charge < -0.3 is 9.88 Å². The Labute approximate surface area is 160 Å². The molecule has 0 atom stereocenters. The lowest BCUT2D eigenvalue weighted by Crippen LogP contribution is -2.21. The van der Waals surface area contributed by atoms with Crippen LogP contribution in [0, 0.1) is 21.0 Å². The van der Waals surface area contributed by atoms with Gasteiger partial charge in [0.05, 0.1) is 26.6 Å². The van der Waals surface area contributed by atoms with Crippen LogP contribution >= 0.6 is 22.6 Å². The molecule has 3 aromatic rings. The standard InChI is InChI=1S/C18H13F3IN3O/c19-10-3-4-12(25-5-1-2-6-25)15(21)14(10)17(26)9-7-23-18-13(9)16(22)11(20)8-24-18/h3-4,7-8H,1-2,5-6H2,(H,23,24). The predicted octanol–water partition coefficient (Wildman–Crippen LogP) is 4.42. The summed E-state index contributed by atoms with van der Waals surface area (Å²) >= 11 is 1.75. The molecule has 1 aliphatic heterocycles. The molecule has 2 aromatic heterocycles. The largest absolute Gasteiger partial charge is 0.369 e. The van der Waals surface area contributed by atoms with Crippen molar-refractivity contribution < 1.29 is 18.0 Å². The molecule has 0 radical (unpaired) electrons. The number of aromatic nitrogens is 2. The summed E-state index contributed by atoms with van der Waals surface area (Å²) in [6.45, 7) is 1.33. The Morgan fingerprint density at radius 1 is 1.15 bits per heavy atom. The smallest absolute Gasteiger partial charge is 0.201 e. The highest BCUT2D eigenvalue weighted by Crippen LogP contribution is 2.32. The van der Waals surface area contributed by atoms with Crippen LogP contribution in [0.4, 0.5) is 18.9 Å². The third-order valence-corrected chi connectivity index (χ3v) is 5.64. The van der Waals surface area contributed by atoms with Gasteiger partial charge in [-0.2, -0.15) is 0 Å². The van der Waals surface area contributed by atoms with Gasteiger partial charge in [0.15, 0.2) is 11.6 Å². The van der Waals surface area contributed by atoms with Crippen molar-refractivity contribution >= 4 is 45.1 Å². The van der Waals surface area contributed by atoms with Gasteiger partial charge in [-0.1, -0.05) is 0 Å². The topological polar surface area (TPSA) is 49.0 Å². The average molecular weight is 471 g/mol. The number of nitrogens with one attached hydrogen (secondary N) is 1. The molecule has 0 unspecified atom stereocenters. The highest BCUT2D eigenvalue weighted by atomic mass is 127. The van der Waals surface area contributed by atoms with E-state index in [1.807, 2.05) is 0 Å². The summed E-state index contributed by atoms with van der Waals surface area (Å²) in [5.74, 6) is -3.26. The molecule has 134 valence electrons. The number of rotatable bonds is 3. The highest BCUT2D eigenvalue weighted by molar-refractivity contribution is 14.1. The molecule has 0 aliphatic carbocycles. The highest BCUT2D eigenvalue weighted by Gasteiger charge is 2.28. The minimum atomic E-state index is -0.941. The Morgan fingerprint density at radius 3 is 2.62 bits per heavy atom. The van der Waals surface area contributed by atoms with Crippen molar-refractivity contribution in [3.63, 3.8) is 0 Å². The van der Waals surface area contributed by atoms with E-state index in [9.17, 15) is 13.6 Å². The van der Waals surface area contributed by atoms with Gasteiger partial charge in [0.2, 0.25) is 5.78 Å². The van der Waals surface area contributed by atoms with Crippen molar-refractivity contribution in [3.8, 4) is 0 Å². The number of carbonyl (C=O) groups excluding carboxylic acids is 1. The Kier molecular flexibility index (Phi) is 4.37. The van der Waals surface area contributed by atoms with Crippen LogP contribution in [0.25, 0.3) is 11.0 Å². The number of ketones is 1. The van der Waals surface area contributed by atoms with Gasteiger partial charge in [0.1, 0.15) is 11.5 Å². The van der Waals surface area contributed by atoms with Gasteiger partial charge in [-0.25, -0.2) is 18.2 Å². The maximum Gasteiger partial charge on any atom is 0.201 e. The molecular weight excluding hydrogens is 458 g/mol. The van der Waals surface area contributed by atoms with E-state index in [1.54, 1.807) is 27.5 Å². The maximum atomic E-state index is 15.0. The Morgan fingerprint density at radius 2 is 1.88 bits per heavy atom. The number of pyridine rings is 1. The van der Waals surface area contributed by atoms with Crippen LogP contribution in [-0.2, 0) is 0 Å². The van der Waals surface area contributed by atoms with E-state index in [0.717, 1.165) is 25.1 Å². The van der Waals surface area contributed by atoms with Gasteiger partial charge in [-0.05, 0) is 47.6 Å². The molecule has 0 amide bonds. The van der Waals surface area contributed by atoms with Crippen LogP contribution in [0.2, 0.25) is 0 Å². The number of H-pyrrole nitrogens is 1. The lowest BCUT2D eigenvalue weighted by molar-refractivity contribution is 0.103. The number of fused-ring (bicyclic) bond motifs is 1. The second-order valence-corrected chi connectivity index (χ2v) is 7.20. The van der Waals surface area contributed by atoms with E-state index in [4.69, 9.17) is 0 Å². The van der Waals surface area contributed by atoms with Crippen molar-refractivity contribution in [1.29, 1.82) is 0 Å². The van der Waals surface area contributed by atoms with Crippen LogP contribution in [0.15, 0.2) is 24.5 Å². The van der Waals surface area contributed by atoms with Gasteiger partial charge in [-0.15, -0.1) is 0 Å². The molecule has 4 rings (SSSR count). The molecular formula is C18H13F3IN3O. The number of hydrogen-bond donors (Lipinski definition) is 1. The Hall–Kier alpha value is -2.10. The Balaban J connectivity index is 1.87. The fraction of sp³-hybridized carbons (Fsp3) is 0.222. The van der Waals surface area contributed by atoms with Crippen LogP contribution in [-0.4, -0.2) is 28.8 Å². The first-order chi connectivity index (χ1) is 12.5. The fourth-order valence-corrected chi connectivity index (χ4v) is 3.98. The van der Waals surface area contributed by atoms with Gasteiger partial charge in [0, 0.05) is 24.7 Å². The molecule has 3 heterocycles. The van der Waals surface area contributed by atoms with E-state index in [1.165, 1.54) is 12.3 Å². The quantitative estimate of drug-likeness (QED) is 0.455. The van der Waals surface area contributed by atoms with Gasteiger partial charge in [0.25, 0.3) is 0 Å². The Bertz CT molecular complexity index is 1030. The third-order valence-electron chi connectivity index (χ3n) is 4.58. The molecule has 8 heteroatoms. The second-order valence-electron chi connectivity index (χ2n) is 6.12. The summed E-state index contributed by atoms with van der Waals surface area (Å²) in [5.41, 5.74) is -0.134. The number of halogens is 4. The summed E-state index contributed by atoms with van der Waals surface area (Å²) in [5, 5.41) is 0.223. The lowest BCUT2D eigenvalue weighted by Gasteiger charge is -2.19. The average Bonchev–Trinajstić information content (AvgIpc) is 3.28. The number of benzene rings is 1. The first-order valence-electron chi connectivity index (χ1n) is 8.07. The van der Waals surface area contributed by atoms with Crippen molar-refractivity contribution in [2.75, 3.05) is 18.0 Å². The summed E-state index contributed by atoms with van der Waals surface area (Å²) < 4.78 is 43.4. The zero-order valence-electron chi connectivity index (χ0n) is 13.5. The van der Waals surface area contributed by atoms with Gasteiger partial charge in [-0.3, -0.25) is 4.79 Å². The molecule has 1 fully saturated rings. The van der Waals surface area contributed by atoms with Crippen LogP contribution in [0.3, 0.4) is 0 Å². The van der Waals surface area contributed by atoms with E-state index in [2.05, 4.69) is 9.97 Å². The van der Waals surface area contributed by atoms with Crippen molar-refractivity contribution in [1.82, 2.24) is 9.97 Å². The van der Waals surface area contributed by atoms with Crippen LogP contribution in [0.1, 0.15) is 28.8 Å². The zero-order chi connectivity index (χ0) is 18.4. The van der Waals surface area contributed by atoms with E-state index in [-0.39, 0.29) is 25.9 Å². The summed E-state index contributed by atoms with van der Waals surface area (Å²) in [7, 11) is 0. The van der Waals surface area contributed by atoms with Crippen LogP contribution < -0.4 is 4.90 Å². The van der Waals surface area contributed by atoms with Crippen molar-refractivity contribution in [3.05, 3.63) is 56.7 Å². The molecule has 1 N–H and O–H groups in total. The monoisotopic (exact) mass is 471 g/mol. The molecule has 1 aliphatic rings. The first kappa shape index (κ1) is 17.3. The molecule has 0 saturated carbocycles. The number of carbonyl (C=O) groups is 1. The number of aromatic amines is 1. The van der Waals surface area contributed by atoms with Gasteiger partial charge >= 0.3 is 0 Å².